The molecular weight excluding hydrogens is 128 g/mol. The molecule has 1 rings (SSSR count). The van der Waals surface area contributed by atoms with Gasteiger partial charge in [-0.25, -0.2) is 0 Å². The van der Waals surface area contributed by atoms with Gasteiger partial charge in [0.1, 0.15) is 0 Å². The molecule has 10 heavy (non-hydrogen) atoms. The van der Waals surface area contributed by atoms with Crippen LogP contribution >= 0.6 is 0 Å². The van der Waals surface area contributed by atoms with E-state index in [1.807, 2.05) is 6.08 Å². The Morgan fingerprint density at radius 1 is 1.80 bits per heavy atom. The monoisotopic (exact) mass is 140 g/mol. The first kappa shape index (κ1) is 7.32. The second kappa shape index (κ2) is 3.40. The molecule has 1 fully saturated rings. The van der Waals surface area contributed by atoms with Gasteiger partial charge in [0.25, 0.3) is 0 Å². The van der Waals surface area contributed by atoms with Crippen LogP contribution in [0.4, 0.5) is 0 Å². The maximum Gasteiger partial charge on any atom is 0.160 e. The zero-order chi connectivity index (χ0) is 7.40. The first-order valence-electron chi connectivity index (χ1n) is 3.67. The molecule has 0 aromatic heterocycles. The number of carbonyl (C=O) groups is 1. The van der Waals surface area contributed by atoms with Gasteiger partial charge in [-0.05, 0) is 18.9 Å². The Hall–Kier alpha value is -0.790. The predicted octanol–water partition coefficient (Wildman–Crippen LogP) is 1.66. The molecule has 0 radical (unpaired) electrons. The van der Waals surface area contributed by atoms with Crippen molar-refractivity contribution in [2.75, 3.05) is 0 Å². The Balaban J connectivity index is 2.42. The van der Waals surface area contributed by atoms with Crippen LogP contribution in [0.2, 0.25) is 0 Å². The van der Waals surface area contributed by atoms with Crippen LogP contribution in [0.5, 0.6) is 0 Å². The number of allylic oxidation sites excluding steroid dienone is 2. The highest BCUT2D eigenvalue weighted by molar-refractivity contribution is 5.57. The topological polar surface area (TPSA) is 26.3 Å². The van der Waals surface area contributed by atoms with Crippen LogP contribution in [-0.2, 0) is 9.53 Å². The summed E-state index contributed by atoms with van der Waals surface area (Å²) in [7, 11) is 0. The fraction of sp³-hybridized carbons (Fsp3) is 0.625. The third kappa shape index (κ3) is 1.59. The van der Waals surface area contributed by atoms with Gasteiger partial charge in [0.05, 0.1) is 5.76 Å². The number of hydrogen-bond donors (Lipinski definition) is 0. The van der Waals surface area contributed by atoms with E-state index in [1.54, 1.807) is 0 Å². The average molecular weight is 140 g/mol. The summed E-state index contributed by atoms with van der Waals surface area (Å²) in [4.78, 5) is 10.2. The van der Waals surface area contributed by atoms with Crippen LogP contribution in [0.25, 0.3) is 0 Å². The highest BCUT2D eigenvalue weighted by atomic mass is 16.5. The van der Waals surface area contributed by atoms with Crippen molar-refractivity contribution in [1.29, 1.82) is 0 Å². The summed E-state index contributed by atoms with van der Waals surface area (Å²) in [5.74, 6) is 0.986. The summed E-state index contributed by atoms with van der Waals surface area (Å²) >= 11 is 0. The lowest BCUT2D eigenvalue weighted by molar-refractivity contribution is -0.114. The molecule has 1 unspecified atom stereocenters. The minimum atomic E-state index is -0.169. The standard InChI is InChI=1S/C8H12O2/c1-2-3-7-4-5-8(6-9)10-7/h3,6,8H,2,4-5H2,1H3/b7-3+. The fourth-order valence-corrected chi connectivity index (χ4v) is 1.07. The number of rotatable bonds is 2. The zero-order valence-electron chi connectivity index (χ0n) is 6.17. The Labute approximate surface area is 60.9 Å². The van der Waals surface area contributed by atoms with Gasteiger partial charge in [0.2, 0.25) is 0 Å². The smallest absolute Gasteiger partial charge is 0.160 e. The predicted molar refractivity (Wildman–Crippen MR) is 38.5 cm³/mol. The van der Waals surface area contributed by atoms with Crippen molar-refractivity contribution in [3.63, 3.8) is 0 Å². The van der Waals surface area contributed by atoms with Gasteiger partial charge in [-0.3, -0.25) is 4.79 Å². The Morgan fingerprint density at radius 3 is 3.10 bits per heavy atom. The molecular formula is C8H12O2. The molecule has 0 aromatic rings. The molecule has 2 nitrogen and oxygen atoms in total. The zero-order valence-corrected chi connectivity index (χ0v) is 6.17. The van der Waals surface area contributed by atoms with Crippen molar-refractivity contribution in [2.45, 2.75) is 32.3 Å². The van der Waals surface area contributed by atoms with Crippen molar-refractivity contribution >= 4 is 6.29 Å². The Morgan fingerprint density at radius 2 is 2.60 bits per heavy atom. The van der Waals surface area contributed by atoms with Gasteiger partial charge in [-0.15, -0.1) is 0 Å². The molecule has 0 N–H and O–H groups in total. The molecule has 1 saturated heterocycles. The van der Waals surface area contributed by atoms with Crippen LogP contribution in [0, 0.1) is 0 Å². The van der Waals surface area contributed by atoms with Crippen LogP contribution in [0.1, 0.15) is 26.2 Å². The van der Waals surface area contributed by atoms with Gasteiger partial charge in [-0.2, -0.15) is 0 Å². The van der Waals surface area contributed by atoms with Crippen molar-refractivity contribution < 1.29 is 9.53 Å². The summed E-state index contributed by atoms with van der Waals surface area (Å²) in [6.45, 7) is 2.06. The lowest BCUT2D eigenvalue weighted by Gasteiger charge is -2.00. The first-order chi connectivity index (χ1) is 4.86. The van der Waals surface area contributed by atoms with Crippen molar-refractivity contribution in [1.82, 2.24) is 0 Å². The minimum Gasteiger partial charge on any atom is -0.488 e. The molecule has 0 bridgehead atoms. The average Bonchev–Trinajstić information content (AvgIpc) is 2.37. The van der Waals surface area contributed by atoms with Crippen LogP contribution < -0.4 is 0 Å². The maximum atomic E-state index is 10.2. The lowest BCUT2D eigenvalue weighted by Crippen LogP contribution is -2.04. The largest absolute Gasteiger partial charge is 0.488 e. The first-order valence-corrected chi connectivity index (χ1v) is 3.67. The highest BCUT2D eigenvalue weighted by Gasteiger charge is 2.18. The van der Waals surface area contributed by atoms with Gasteiger partial charge >= 0.3 is 0 Å². The minimum absolute atomic E-state index is 0.169. The summed E-state index contributed by atoms with van der Waals surface area (Å²) in [5, 5.41) is 0. The van der Waals surface area contributed by atoms with Gasteiger partial charge < -0.3 is 4.74 Å². The van der Waals surface area contributed by atoms with Gasteiger partial charge in [0.15, 0.2) is 12.4 Å². The molecule has 1 heterocycles. The van der Waals surface area contributed by atoms with E-state index >= 15 is 0 Å². The Bertz CT molecular complexity index is 149. The normalized spacial score (nSPS) is 28.5. The summed E-state index contributed by atoms with van der Waals surface area (Å²) < 4.78 is 5.24. The molecule has 1 aliphatic heterocycles. The number of aldehydes is 1. The quantitative estimate of drug-likeness (QED) is 0.545. The van der Waals surface area contributed by atoms with Crippen LogP contribution in [0.15, 0.2) is 11.8 Å². The molecule has 0 aromatic carbocycles. The van der Waals surface area contributed by atoms with E-state index in [2.05, 4.69) is 6.92 Å². The van der Waals surface area contributed by atoms with E-state index in [0.29, 0.717) is 0 Å². The van der Waals surface area contributed by atoms with E-state index in [0.717, 1.165) is 31.3 Å². The van der Waals surface area contributed by atoms with Gasteiger partial charge in [-0.1, -0.05) is 6.92 Å². The SMILES string of the molecule is CC/C=C1\CCC(C=O)O1. The second-order valence-electron chi connectivity index (χ2n) is 2.41. The van der Waals surface area contributed by atoms with Crippen LogP contribution in [-0.4, -0.2) is 12.4 Å². The summed E-state index contributed by atoms with van der Waals surface area (Å²) in [5.41, 5.74) is 0. The third-order valence-corrected chi connectivity index (χ3v) is 1.56. The summed E-state index contributed by atoms with van der Waals surface area (Å²) in [6.07, 6.45) is 5.51. The Kier molecular flexibility index (Phi) is 2.49. The van der Waals surface area contributed by atoms with Crippen LogP contribution in [0.3, 0.4) is 0 Å². The van der Waals surface area contributed by atoms with Crippen molar-refractivity contribution in [3.8, 4) is 0 Å². The molecule has 0 spiro atoms. The van der Waals surface area contributed by atoms with E-state index in [-0.39, 0.29) is 6.10 Å². The molecule has 56 valence electrons. The van der Waals surface area contributed by atoms with E-state index < -0.39 is 0 Å². The van der Waals surface area contributed by atoms with Crippen molar-refractivity contribution in [3.05, 3.63) is 11.8 Å². The number of ether oxygens (including phenoxy) is 1. The summed E-state index contributed by atoms with van der Waals surface area (Å²) in [6, 6.07) is 0. The maximum absolute atomic E-state index is 10.2. The fourth-order valence-electron chi connectivity index (χ4n) is 1.07. The molecule has 0 aliphatic carbocycles. The number of carbonyl (C=O) groups excluding carboxylic acids is 1. The lowest BCUT2D eigenvalue weighted by atomic mass is 10.2. The van der Waals surface area contributed by atoms with Gasteiger partial charge in [0, 0.05) is 6.42 Å². The second-order valence-corrected chi connectivity index (χ2v) is 2.41. The highest BCUT2D eigenvalue weighted by Crippen LogP contribution is 2.21. The molecule has 0 saturated carbocycles. The molecule has 1 aliphatic rings. The van der Waals surface area contributed by atoms with E-state index in [9.17, 15) is 4.79 Å². The number of hydrogen-bond acceptors (Lipinski definition) is 2. The third-order valence-electron chi connectivity index (χ3n) is 1.56. The van der Waals surface area contributed by atoms with Crippen molar-refractivity contribution in [2.24, 2.45) is 0 Å². The molecule has 2 heteroatoms. The van der Waals surface area contributed by atoms with E-state index in [1.165, 1.54) is 0 Å². The molecule has 1 atom stereocenters. The van der Waals surface area contributed by atoms with E-state index in [4.69, 9.17) is 4.74 Å². The molecule has 0 amide bonds.